The number of halogens is 1. The van der Waals surface area contributed by atoms with E-state index in [-0.39, 0.29) is 18.3 Å². The fraction of sp³-hybridized carbons (Fsp3) is 0.562. The fourth-order valence-electron chi connectivity index (χ4n) is 3.21. The molecule has 0 aromatic heterocycles. The Kier molecular flexibility index (Phi) is 6.03. The van der Waals surface area contributed by atoms with Gasteiger partial charge in [0.15, 0.2) is 0 Å². The third-order valence-corrected chi connectivity index (χ3v) is 4.31. The molecular weight excluding hydrogens is 286 g/mol. The van der Waals surface area contributed by atoms with E-state index in [4.69, 9.17) is 0 Å². The summed E-state index contributed by atoms with van der Waals surface area (Å²) < 4.78 is 0. The smallest absolute Gasteiger partial charge is 0.234 e. The highest BCUT2D eigenvalue weighted by Crippen LogP contribution is 2.19. The van der Waals surface area contributed by atoms with Crippen molar-refractivity contribution in [2.24, 2.45) is 0 Å². The van der Waals surface area contributed by atoms with Gasteiger partial charge in [0.2, 0.25) is 5.91 Å². The first-order chi connectivity index (χ1) is 9.79. The van der Waals surface area contributed by atoms with Crippen LogP contribution in [0.15, 0.2) is 30.3 Å². The zero-order valence-corrected chi connectivity index (χ0v) is 13.1. The zero-order chi connectivity index (χ0) is 13.8. The molecule has 2 unspecified atom stereocenters. The lowest BCUT2D eigenvalue weighted by atomic mass is 10.1. The molecular formula is C16H24ClN3O. The van der Waals surface area contributed by atoms with E-state index in [9.17, 15) is 4.79 Å². The number of benzene rings is 1. The van der Waals surface area contributed by atoms with E-state index < -0.39 is 0 Å². The van der Waals surface area contributed by atoms with Crippen LogP contribution in [0.1, 0.15) is 24.8 Å². The highest BCUT2D eigenvalue weighted by molar-refractivity contribution is 5.85. The predicted molar refractivity (Wildman–Crippen MR) is 86.5 cm³/mol. The third kappa shape index (κ3) is 4.70. The minimum atomic E-state index is 0. The molecule has 3 rings (SSSR count). The molecule has 21 heavy (non-hydrogen) atoms. The SMILES string of the molecule is Cl.O=C(CN1CCC2CCC(C1)N2)NCc1ccccc1. The van der Waals surface area contributed by atoms with Gasteiger partial charge in [-0.05, 0) is 24.8 Å². The maximum Gasteiger partial charge on any atom is 0.234 e. The number of carbonyl (C=O) groups is 1. The second-order valence-corrected chi connectivity index (χ2v) is 5.92. The first-order valence-corrected chi connectivity index (χ1v) is 7.58. The van der Waals surface area contributed by atoms with E-state index in [2.05, 4.69) is 15.5 Å². The fourth-order valence-corrected chi connectivity index (χ4v) is 3.21. The van der Waals surface area contributed by atoms with E-state index >= 15 is 0 Å². The minimum absolute atomic E-state index is 0. The van der Waals surface area contributed by atoms with Gasteiger partial charge in [0.25, 0.3) is 0 Å². The van der Waals surface area contributed by atoms with Crippen LogP contribution in [-0.4, -0.2) is 42.5 Å². The molecule has 2 aliphatic rings. The Morgan fingerprint density at radius 3 is 2.76 bits per heavy atom. The monoisotopic (exact) mass is 309 g/mol. The van der Waals surface area contributed by atoms with Crippen molar-refractivity contribution in [2.75, 3.05) is 19.6 Å². The van der Waals surface area contributed by atoms with E-state index in [0.29, 0.717) is 25.2 Å². The van der Waals surface area contributed by atoms with E-state index in [1.165, 1.54) is 19.3 Å². The molecule has 0 spiro atoms. The normalized spacial score (nSPS) is 25.0. The summed E-state index contributed by atoms with van der Waals surface area (Å²) in [6.45, 7) is 3.19. The molecule has 1 aromatic rings. The second-order valence-electron chi connectivity index (χ2n) is 5.92. The highest BCUT2D eigenvalue weighted by Gasteiger charge is 2.29. The Bertz CT molecular complexity index is 454. The van der Waals surface area contributed by atoms with Gasteiger partial charge in [0.05, 0.1) is 6.54 Å². The number of carbonyl (C=O) groups excluding carboxylic acids is 1. The van der Waals surface area contributed by atoms with Gasteiger partial charge in [-0.15, -0.1) is 12.4 Å². The lowest BCUT2D eigenvalue weighted by Crippen LogP contribution is -2.41. The van der Waals surface area contributed by atoms with Crippen LogP contribution in [0.3, 0.4) is 0 Å². The summed E-state index contributed by atoms with van der Waals surface area (Å²) in [6.07, 6.45) is 3.73. The molecule has 116 valence electrons. The summed E-state index contributed by atoms with van der Waals surface area (Å²) in [5, 5.41) is 6.65. The molecule has 2 N–H and O–H groups in total. The van der Waals surface area contributed by atoms with Crippen LogP contribution in [0.2, 0.25) is 0 Å². The number of amides is 1. The number of likely N-dealkylation sites (tertiary alicyclic amines) is 1. The molecule has 2 aliphatic heterocycles. The summed E-state index contributed by atoms with van der Waals surface area (Å²) in [6, 6.07) is 11.3. The standard InChI is InChI=1S/C16H23N3O.ClH/c20-16(17-10-13-4-2-1-3-5-13)12-19-9-8-14-6-7-15(11-19)18-14;/h1-5,14-15,18H,6-12H2,(H,17,20);1H. The number of hydrogen-bond donors (Lipinski definition) is 2. The summed E-state index contributed by atoms with van der Waals surface area (Å²) in [5.74, 6) is 0.131. The molecule has 1 amide bonds. The Balaban J connectivity index is 0.00000161. The molecule has 1 aromatic carbocycles. The van der Waals surface area contributed by atoms with Crippen molar-refractivity contribution in [3.8, 4) is 0 Å². The molecule has 0 aliphatic carbocycles. The summed E-state index contributed by atoms with van der Waals surface area (Å²) in [5.41, 5.74) is 1.15. The van der Waals surface area contributed by atoms with Crippen LogP contribution in [0.5, 0.6) is 0 Å². The van der Waals surface area contributed by atoms with E-state index in [1.807, 2.05) is 30.3 Å². The van der Waals surface area contributed by atoms with Gasteiger partial charge < -0.3 is 10.6 Å². The number of nitrogens with one attached hydrogen (secondary N) is 2. The lowest BCUT2D eigenvalue weighted by molar-refractivity contribution is -0.122. The van der Waals surface area contributed by atoms with Crippen molar-refractivity contribution >= 4 is 18.3 Å². The van der Waals surface area contributed by atoms with E-state index in [0.717, 1.165) is 18.7 Å². The quantitative estimate of drug-likeness (QED) is 0.887. The topological polar surface area (TPSA) is 44.4 Å². The molecule has 2 fully saturated rings. The molecule has 2 bridgehead atoms. The predicted octanol–water partition coefficient (Wildman–Crippen LogP) is 1.55. The summed E-state index contributed by atoms with van der Waals surface area (Å²) in [4.78, 5) is 14.3. The minimum Gasteiger partial charge on any atom is -0.351 e. The Morgan fingerprint density at radius 2 is 1.95 bits per heavy atom. The van der Waals surface area contributed by atoms with Gasteiger partial charge in [-0.3, -0.25) is 9.69 Å². The maximum absolute atomic E-state index is 12.0. The van der Waals surface area contributed by atoms with Gasteiger partial charge in [0, 0.05) is 31.7 Å². The Labute approximate surface area is 132 Å². The van der Waals surface area contributed by atoms with Gasteiger partial charge in [-0.1, -0.05) is 30.3 Å². The van der Waals surface area contributed by atoms with Crippen molar-refractivity contribution in [1.82, 2.24) is 15.5 Å². The molecule has 2 heterocycles. The average molecular weight is 310 g/mol. The van der Waals surface area contributed by atoms with Crippen LogP contribution < -0.4 is 10.6 Å². The zero-order valence-electron chi connectivity index (χ0n) is 12.3. The molecule has 5 heteroatoms. The molecule has 0 radical (unpaired) electrons. The summed E-state index contributed by atoms with van der Waals surface area (Å²) in [7, 11) is 0. The first kappa shape index (κ1) is 16.3. The van der Waals surface area contributed by atoms with Crippen molar-refractivity contribution < 1.29 is 4.79 Å². The third-order valence-electron chi connectivity index (χ3n) is 4.31. The Hall–Kier alpha value is -1.10. The van der Waals surface area contributed by atoms with Crippen LogP contribution in [0, 0.1) is 0 Å². The van der Waals surface area contributed by atoms with E-state index in [1.54, 1.807) is 0 Å². The number of fused-ring (bicyclic) bond motifs is 2. The largest absolute Gasteiger partial charge is 0.351 e. The maximum atomic E-state index is 12.0. The molecule has 2 saturated heterocycles. The summed E-state index contributed by atoms with van der Waals surface area (Å²) >= 11 is 0. The average Bonchev–Trinajstić information content (AvgIpc) is 2.81. The first-order valence-electron chi connectivity index (χ1n) is 7.58. The van der Waals surface area contributed by atoms with Crippen molar-refractivity contribution in [2.45, 2.75) is 37.9 Å². The van der Waals surface area contributed by atoms with Crippen LogP contribution in [0.25, 0.3) is 0 Å². The van der Waals surface area contributed by atoms with Gasteiger partial charge in [-0.25, -0.2) is 0 Å². The van der Waals surface area contributed by atoms with Crippen molar-refractivity contribution in [3.05, 3.63) is 35.9 Å². The molecule has 4 nitrogen and oxygen atoms in total. The lowest BCUT2D eigenvalue weighted by Gasteiger charge is -2.23. The van der Waals surface area contributed by atoms with Gasteiger partial charge in [-0.2, -0.15) is 0 Å². The van der Waals surface area contributed by atoms with Crippen molar-refractivity contribution in [3.63, 3.8) is 0 Å². The number of nitrogens with zero attached hydrogens (tertiary/aromatic N) is 1. The second kappa shape index (κ2) is 7.78. The molecule has 0 saturated carbocycles. The van der Waals surface area contributed by atoms with Gasteiger partial charge in [0.1, 0.15) is 0 Å². The number of hydrogen-bond acceptors (Lipinski definition) is 3. The highest BCUT2D eigenvalue weighted by atomic mass is 35.5. The van der Waals surface area contributed by atoms with Crippen LogP contribution >= 0.6 is 12.4 Å². The molecule has 2 atom stereocenters. The van der Waals surface area contributed by atoms with Gasteiger partial charge >= 0.3 is 0 Å². The number of rotatable bonds is 4. The van der Waals surface area contributed by atoms with Crippen LogP contribution in [0.4, 0.5) is 0 Å². The Morgan fingerprint density at radius 1 is 1.19 bits per heavy atom. The van der Waals surface area contributed by atoms with Crippen molar-refractivity contribution in [1.29, 1.82) is 0 Å². The van der Waals surface area contributed by atoms with Crippen LogP contribution in [-0.2, 0) is 11.3 Å².